The molecule has 1 aliphatic heterocycles. The number of carbonyl (C=O) groups is 4. The second-order valence-corrected chi connectivity index (χ2v) is 7.10. The summed E-state index contributed by atoms with van der Waals surface area (Å²) in [6.45, 7) is 6.44. The molecule has 0 atom stereocenters. The highest BCUT2D eigenvalue weighted by Crippen LogP contribution is 2.13. The predicted octanol–water partition coefficient (Wildman–Crippen LogP) is 1.05. The van der Waals surface area contributed by atoms with Gasteiger partial charge >= 0.3 is 12.1 Å². The molecule has 2 rings (SSSR count). The minimum atomic E-state index is -0.716. The van der Waals surface area contributed by atoms with Gasteiger partial charge in [-0.05, 0) is 45.0 Å². The molecule has 31 heavy (non-hydrogen) atoms. The van der Waals surface area contributed by atoms with Gasteiger partial charge in [0.25, 0.3) is 11.8 Å². The number of carbonyl (C=O) groups excluding carboxylic acids is 4. The molecule has 170 valence electrons. The highest BCUT2D eigenvalue weighted by Gasteiger charge is 2.25. The van der Waals surface area contributed by atoms with E-state index < -0.39 is 24.6 Å². The molecule has 0 bridgehead atoms. The lowest BCUT2D eigenvalue weighted by molar-refractivity contribution is -0.151. The van der Waals surface area contributed by atoms with Crippen LogP contribution >= 0.6 is 0 Å². The zero-order valence-electron chi connectivity index (χ0n) is 18.1. The SMILES string of the molecule is CCOC(=O)N1CCN(C(=O)COC(=O)CNC(=O)c2ccc(OC(C)C)cc2)CC1. The summed E-state index contributed by atoms with van der Waals surface area (Å²) in [5, 5.41) is 2.46. The van der Waals surface area contributed by atoms with Crippen LogP contribution in [-0.2, 0) is 19.1 Å². The van der Waals surface area contributed by atoms with E-state index in [1.165, 1.54) is 9.80 Å². The van der Waals surface area contributed by atoms with Crippen molar-refractivity contribution in [1.82, 2.24) is 15.1 Å². The van der Waals surface area contributed by atoms with Gasteiger partial charge in [-0.15, -0.1) is 0 Å². The fourth-order valence-corrected chi connectivity index (χ4v) is 2.85. The summed E-state index contributed by atoms with van der Waals surface area (Å²) in [5.74, 6) is -0.863. The first kappa shape index (κ1) is 24.0. The lowest BCUT2D eigenvalue weighted by atomic mass is 10.2. The molecule has 0 unspecified atom stereocenters. The van der Waals surface area contributed by atoms with Crippen LogP contribution in [0.4, 0.5) is 4.79 Å². The Hall–Kier alpha value is -3.30. The van der Waals surface area contributed by atoms with Crippen LogP contribution in [0.5, 0.6) is 5.75 Å². The zero-order valence-corrected chi connectivity index (χ0v) is 18.1. The van der Waals surface area contributed by atoms with Gasteiger partial charge in [-0.1, -0.05) is 0 Å². The molecule has 0 aromatic heterocycles. The van der Waals surface area contributed by atoms with Gasteiger partial charge in [-0.25, -0.2) is 4.79 Å². The summed E-state index contributed by atoms with van der Waals surface area (Å²) in [4.78, 5) is 50.9. The molecular weight excluding hydrogens is 406 g/mol. The minimum absolute atomic E-state index is 0.0265. The van der Waals surface area contributed by atoms with Gasteiger partial charge in [0.15, 0.2) is 6.61 Å². The summed E-state index contributed by atoms with van der Waals surface area (Å²) in [7, 11) is 0. The fourth-order valence-electron chi connectivity index (χ4n) is 2.85. The first-order valence-corrected chi connectivity index (χ1v) is 10.2. The molecule has 10 nitrogen and oxygen atoms in total. The van der Waals surface area contributed by atoms with Gasteiger partial charge in [0.2, 0.25) is 0 Å². The van der Waals surface area contributed by atoms with Gasteiger partial charge in [0.05, 0.1) is 12.7 Å². The highest BCUT2D eigenvalue weighted by molar-refractivity contribution is 5.96. The number of ether oxygens (including phenoxy) is 3. The van der Waals surface area contributed by atoms with Crippen LogP contribution in [0, 0.1) is 0 Å². The Morgan fingerprint density at radius 2 is 1.58 bits per heavy atom. The minimum Gasteiger partial charge on any atom is -0.491 e. The van der Waals surface area contributed by atoms with E-state index in [0.29, 0.717) is 44.1 Å². The molecule has 1 N–H and O–H groups in total. The summed E-state index contributed by atoms with van der Waals surface area (Å²) in [6, 6.07) is 6.54. The van der Waals surface area contributed by atoms with Gasteiger partial charge in [0.1, 0.15) is 12.3 Å². The van der Waals surface area contributed by atoms with E-state index in [9.17, 15) is 19.2 Å². The molecule has 1 aromatic carbocycles. The number of hydrogen-bond acceptors (Lipinski definition) is 7. The second-order valence-electron chi connectivity index (χ2n) is 7.10. The molecule has 0 radical (unpaired) electrons. The molecule has 1 aromatic rings. The number of nitrogens with one attached hydrogen (secondary N) is 1. The van der Waals surface area contributed by atoms with Crippen LogP contribution in [0.25, 0.3) is 0 Å². The van der Waals surface area contributed by atoms with Gasteiger partial charge < -0.3 is 29.3 Å². The average Bonchev–Trinajstić information content (AvgIpc) is 2.76. The molecule has 10 heteroatoms. The third kappa shape index (κ3) is 7.80. The van der Waals surface area contributed by atoms with Crippen LogP contribution in [0.2, 0.25) is 0 Å². The molecule has 1 aliphatic rings. The number of nitrogens with zero attached hydrogens (tertiary/aromatic N) is 2. The summed E-state index contributed by atoms with van der Waals surface area (Å²) in [5.41, 5.74) is 0.374. The van der Waals surface area contributed by atoms with E-state index in [4.69, 9.17) is 14.2 Å². The third-order valence-electron chi connectivity index (χ3n) is 4.40. The molecule has 0 saturated carbocycles. The fraction of sp³-hybridized carbons (Fsp3) is 0.524. The highest BCUT2D eigenvalue weighted by atomic mass is 16.6. The monoisotopic (exact) mass is 435 g/mol. The van der Waals surface area contributed by atoms with Crippen LogP contribution in [0.3, 0.4) is 0 Å². The first-order valence-electron chi connectivity index (χ1n) is 10.2. The number of esters is 1. The standard InChI is InChI=1S/C21H29N3O7/c1-4-29-21(28)24-11-9-23(10-12-24)18(25)14-30-19(26)13-22-20(27)16-5-7-17(8-6-16)31-15(2)3/h5-8,15H,4,9-14H2,1-3H3,(H,22,27). The second kappa shape index (κ2) is 11.8. The smallest absolute Gasteiger partial charge is 0.409 e. The lowest BCUT2D eigenvalue weighted by Gasteiger charge is -2.33. The Kier molecular flexibility index (Phi) is 9.11. The van der Waals surface area contributed by atoms with Crippen LogP contribution < -0.4 is 10.1 Å². The van der Waals surface area contributed by atoms with E-state index in [1.54, 1.807) is 31.2 Å². The van der Waals surface area contributed by atoms with Crippen LogP contribution in [-0.4, -0.2) is 85.7 Å². The van der Waals surface area contributed by atoms with E-state index in [-0.39, 0.29) is 18.6 Å². The van der Waals surface area contributed by atoms with Crippen molar-refractivity contribution in [3.05, 3.63) is 29.8 Å². The van der Waals surface area contributed by atoms with Crippen molar-refractivity contribution in [2.75, 3.05) is 45.9 Å². The van der Waals surface area contributed by atoms with E-state index >= 15 is 0 Å². The van der Waals surface area contributed by atoms with Crippen molar-refractivity contribution in [3.8, 4) is 5.75 Å². The van der Waals surface area contributed by atoms with Crippen molar-refractivity contribution < 1.29 is 33.4 Å². The topological polar surface area (TPSA) is 114 Å². The van der Waals surface area contributed by atoms with E-state index in [1.807, 2.05) is 13.8 Å². The number of amides is 3. The molecule has 0 aliphatic carbocycles. The maximum absolute atomic E-state index is 12.2. The molecule has 1 saturated heterocycles. The number of piperazine rings is 1. The Balaban J connectivity index is 1.68. The van der Waals surface area contributed by atoms with Crippen molar-refractivity contribution >= 4 is 23.9 Å². The van der Waals surface area contributed by atoms with E-state index in [0.717, 1.165) is 0 Å². The normalized spacial score (nSPS) is 13.5. The largest absolute Gasteiger partial charge is 0.491 e. The summed E-state index contributed by atoms with van der Waals surface area (Å²) in [6.07, 6.45) is -0.377. The predicted molar refractivity (Wildman–Crippen MR) is 111 cm³/mol. The number of rotatable bonds is 8. The van der Waals surface area contributed by atoms with Gasteiger partial charge in [-0.3, -0.25) is 14.4 Å². The van der Waals surface area contributed by atoms with Crippen molar-refractivity contribution in [3.63, 3.8) is 0 Å². The Morgan fingerprint density at radius 1 is 0.968 bits per heavy atom. The third-order valence-corrected chi connectivity index (χ3v) is 4.40. The molecule has 3 amide bonds. The van der Waals surface area contributed by atoms with Crippen molar-refractivity contribution in [1.29, 1.82) is 0 Å². The molecule has 1 heterocycles. The molecule has 1 fully saturated rings. The average molecular weight is 435 g/mol. The maximum Gasteiger partial charge on any atom is 0.409 e. The van der Waals surface area contributed by atoms with Crippen LogP contribution in [0.1, 0.15) is 31.1 Å². The lowest BCUT2D eigenvalue weighted by Crippen LogP contribution is -2.51. The van der Waals surface area contributed by atoms with Crippen molar-refractivity contribution in [2.45, 2.75) is 26.9 Å². The molecular formula is C21H29N3O7. The van der Waals surface area contributed by atoms with Gasteiger partial charge in [-0.2, -0.15) is 0 Å². The Morgan fingerprint density at radius 3 is 2.16 bits per heavy atom. The Bertz CT molecular complexity index is 772. The Labute approximate surface area is 181 Å². The van der Waals surface area contributed by atoms with Gasteiger partial charge in [0, 0.05) is 31.7 Å². The quantitative estimate of drug-likeness (QED) is 0.607. The number of hydrogen-bond donors (Lipinski definition) is 1. The first-order chi connectivity index (χ1) is 14.8. The summed E-state index contributed by atoms with van der Waals surface area (Å²) < 4.78 is 15.4. The van der Waals surface area contributed by atoms with E-state index in [2.05, 4.69) is 5.32 Å². The zero-order chi connectivity index (χ0) is 22.8. The summed E-state index contributed by atoms with van der Waals surface area (Å²) >= 11 is 0. The van der Waals surface area contributed by atoms with Crippen molar-refractivity contribution in [2.24, 2.45) is 0 Å². The van der Waals surface area contributed by atoms with Crippen LogP contribution in [0.15, 0.2) is 24.3 Å². The molecule has 0 spiro atoms. The number of benzene rings is 1. The maximum atomic E-state index is 12.2.